The highest BCUT2D eigenvalue weighted by molar-refractivity contribution is 5.92. The lowest BCUT2D eigenvalue weighted by molar-refractivity contribution is -0.115. The van der Waals surface area contributed by atoms with Crippen molar-refractivity contribution in [2.24, 2.45) is 0 Å². The van der Waals surface area contributed by atoms with Gasteiger partial charge in [-0.3, -0.25) is 4.79 Å². The fraction of sp³-hybridized carbons (Fsp3) is 0.188. The Bertz CT molecular complexity index is 520. The second-order valence-electron chi connectivity index (χ2n) is 4.38. The van der Waals surface area contributed by atoms with E-state index in [9.17, 15) is 4.79 Å². The van der Waals surface area contributed by atoms with Crippen molar-refractivity contribution in [3.63, 3.8) is 0 Å². The molecule has 0 bridgehead atoms. The third-order valence-electron chi connectivity index (χ3n) is 2.85. The summed E-state index contributed by atoms with van der Waals surface area (Å²) in [6.45, 7) is 0.139. The average Bonchev–Trinajstić information content (AvgIpc) is 2.42. The molecular weight excluding hydrogens is 238 g/mol. The second-order valence-corrected chi connectivity index (χ2v) is 4.38. The molecule has 2 rings (SSSR count). The highest BCUT2D eigenvalue weighted by atomic mass is 16.2. The Balaban J connectivity index is 1.91. The van der Waals surface area contributed by atoms with Crippen molar-refractivity contribution in [3.8, 4) is 0 Å². The van der Waals surface area contributed by atoms with Crippen LogP contribution in [0.15, 0.2) is 54.6 Å². The minimum atomic E-state index is -0.0268. The van der Waals surface area contributed by atoms with Gasteiger partial charge < -0.3 is 10.4 Å². The quantitative estimate of drug-likeness (QED) is 0.862. The molecule has 0 unspecified atom stereocenters. The largest absolute Gasteiger partial charge is 0.396 e. The Morgan fingerprint density at radius 1 is 0.947 bits per heavy atom. The molecule has 2 N–H and O–H groups in total. The predicted molar refractivity (Wildman–Crippen MR) is 76.0 cm³/mol. The van der Waals surface area contributed by atoms with Crippen LogP contribution in [0, 0.1) is 0 Å². The molecule has 98 valence electrons. The minimum Gasteiger partial charge on any atom is -0.396 e. The van der Waals surface area contributed by atoms with E-state index in [1.165, 1.54) is 0 Å². The zero-order valence-electron chi connectivity index (χ0n) is 10.7. The average molecular weight is 255 g/mol. The first-order valence-electron chi connectivity index (χ1n) is 6.31. The third-order valence-corrected chi connectivity index (χ3v) is 2.85. The molecule has 2 aromatic rings. The van der Waals surface area contributed by atoms with E-state index in [0.29, 0.717) is 12.8 Å². The van der Waals surface area contributed by atoms with E-state index in [4.69, 9.17) is 5.11 Å². The molecule has 1 amide bonds. The molecule has 3 heteroatoms. The van der Waals surface area contributed by atoms with Crippen LogP contribution in [0.4, 0.5) is 5.69 Å². The molecule has 0 aromatic heterocycles. The van der Waals surface area contributed by atoms with Crippen molar-refractivity contribution in [1.29, 1.82) is 0 Å². The van der Waals surface area contributed by atoms with Crippen LogP contribution < -0.4 is 5.32 Å². The van der Waals surface area contributed by atoms with Crippen molar-refractivity contribution >= 4 is 11.6 Å². The highest BCUT2D eigenvalue weighted by Crippen LogP contribution is 2.11. The molecule has 0 saturated carbocycles. The van der Waals surface area contributed by atoms with Gasteiger partial charge in [-0.15, -0.1) is 0 Å². The number of aliphatic hydroxyl groups excluding tert-OH is 1. The lowest BCUT2D eigenvalue weighted by Gasteiger charge is -2.06. The second kappa shape index (κ2) is 6.71. The summed E-state index contributed by atoms with van der Waals surface area (Å²) in [5, 5.41) is 11.7. The topological polar surface area (TPSA) is 49.3 Å². The summed E-state index contributed by atoms with van der Waals surface area (Å²) in [4.78, 5) is 11.8. The van der Waals surface area contributed by atoms with E-state index < -0.39 is 0 Å². The fourth-order valence-electron chi connectivity index (χ4n) is 1.87. The Morgan fingerprint density at radius 2 is 1.63 bits per heavy atom. The van der Waals surface area contributed by atoms with Gasteiger partial charge in [-0.25, -0.2) is 0 Å². The molecular formula is C16H17NO2. The maximum atomic E-state index is 11.8. The molecule has 0 spiro atoms. The van der Waals surface area contributed by atoms with Crippen molar-refractivity contribution in [3.05, 3.63) is 65.7 Å². The summed E-state index contributed by atoms with van der Waals surface area (Å²) in [6.07, 6.45) is 1.01. The van der Waals surface area contributed by atoms with Gasteiger partial charge in [0, 0.05) is 12.3 Å². The fourth-order valence-corrected chi connectivity index (χ4v) is 1.87. The van der Waals surface area contributed by atoms with Crippen LogP contribution in [0.1, 0.15) is 11.1 Å². The van der Waals surface area contributed by atoms with E-state index in [0.717, 1.165) is 16.8 Å². The van der Waals surface area contributed by atoms with Gasteiger partial charge in [-0.2, -0.15) is 0 Å². The Kier molecular flexibility index (Phi) is 4.70. The van der Waals surface area contributed by atoms with Gasteiger partial charge in [0.05, 0.1) is 6.42 Å². The zero-order valence-corrected chi connectivity index (χ0v) is 10.7. The van der Waals surface area contributed by atoms with Crippen LogP contribution in [-0.4, -0.2) is 17.6 Å². The molecule has 0 aliphatic heterocycles. The van der Waals surface area contributed by atoms with Gasteiger partial charge in [0.1, 0.15) is 0 Å². The van der Waals surface area contributed by atoms with Crippen molar-refractivity contribution < 1.29 is 9.90 Å². The number of hydrogen-bond acceptors (Lipinski definition) is 2. The molecule has 0 atom stereocenters. The number of amides is 1. The first kappa shape index (κ1) is 13.3. The molecule has 0 radical (unpaired) electrons. The maximum absolute atomic E-state index is 11.8. The molecule has 0 fully saturated rings. The highest BCUT2D eigenvalue weighted by Gasteiger charge is 2.03. The van der Waals surface area contributed by atoms with Gasteiger partial charge in [0.2, 0.25) is 5.91 Å². The van der Waals surface area contributed by atoms with Crippen molar-refractivity contribution in [2.45, 2.75) is 12.8 Å². The van der Waals surface area contributed by atoms with Crippen LogP contribution in [0.25, 0.3) is 0 Å². The van der Waals surface area contributed by atoms with Crippen LogP contribution in [0.2, 0.25) is 0 Å². The molecule has 0 aliphatic carbocycles. The molecule has 0 aliphatic rings. The van der Waals surface area contributed by atoms with E-state index in [1.54, 1.807) is 0 Å². The Labute approximate surface area is 112 Å². The lowest BCUT2D eigenvalue weighted by Crippen LogP contribution is -2.14. The molecule has 0 saturated heterocycles. The Hall–Kier alpha value is -2.13. The number of carbonyl (C=O) groups is 1. The normalized spacial score (nSPS) is 10.2. The SMILES string of the molecule is O=C(Cc1ccccc1)Nc1ccc(CCO)cc1. The first-order valence-corrected chi connectivity index (χ1v) is 6.31. The summed E-state index contributed by atoms with van der Waals surface area (Å²) >= 11 is 0. The number of rotatable bonds is 5. The summed E-state index contributed by atoms with van der Waals surface area (Å²) in [5.74, 6) is -0.0268. The summed E-state index contributed by atoms with van der Waals surface area (Å²) in [7, 11) is 0. The number of anilines is 1. The first-order chi connectivity index (χ1) is 9.28. The van der Waals surface area contributed by atoms with Crippen LogP contribution >= 0.6 is 0 Å². The number of nitrogens with one attached hydrogen (secondary N) is 1. The molecule has 3 nitrogen and oxygen atoms in total. The van der Waals surface area contributed by atoms with Gasteiger partial charge in [0.25, 0.3) is 0 Å². The predicted octanol–water partition coefficient (Wildman–Crippen LogP) is 2.40. The van der Waals surface area contributed by atoms with Gasteiger partial charge in [-0.1, -0.05) is 42.5 Å². The van der Waals surface area contributed by atoms with Crippen LogP contribution in [0.3, 0.4) is 0 Å². The van der Waals surface area contributed by atoms with E-state index in [1.807, 2.05) is 54.6 Å². The smallest absolute Gasteiger partial charge is 0.228 e. The van der Waals surface area contributed by atoms with Crippen molar-refractivity contribution in [1.82, 2.24) is 0 Å². The van der Waals surface area contributed by atoms with E-state index in [-0.39, 0.29) is 12.5 Å². The summed E-state index contributed by atoms with van der Waals surface area (Å²) < 4.78 is 0. The number of hydrogen-bond donors (Lipinski definition) is 2. The monoisotopic (exact) mass is 255 g/mol. The van der Waals surface area contributed by atoms with Gasteiger partial charge in [-0.05, 0) is 29.7 Å². The van der Waals surface area contributed by atoms with E-state index >= 15 is 0 Å². The van der Waals surface area contributed by atoms with Crippen molar-refractivity contribution in [2.75, 3.05) is 11.9 Å². The van der Waals surface area contributed by atoms with E-state index in [2.05, 4.69) is 5.32 Å². The Morgan fingerprint density at radius 3 is 2.26 bits per heavy atom. The number of aliphatic hydroxyl groups is 1. The van der Waals surface area contributed by atoms with Gasteiger partial charge >= 0.3 is 0 Å². The summed E-state index contributed by atoms with van der Waals surface area (Å²) in [5.41, 5.74) is 2.84. The zero-order chi connectivity index (χ0) is 13.5. The number of carbonyl (C=O) groups excluding carboxylic acids is 1. The molecule has 19 heavy (non-hydrogen) atoms. The standard InChI is InChI=1S/C16H17NO2/c18-11-10-13-6-8-15(9-7-13)17-16(19)12-14-4-2-1-3-5-14/h1-9,18H,10-12H2,(H,17,19). The molecule has 0 heterocycles. The number of benzene rings is 2. The minimum absolute atomic E-state index is 0.0268. The summed E-state index contributed by atoms with van der Waals surface area (Å²) in [6, 6.07) is 17.2. The van der Waals surface area contributed by atoms with Crippen LogP contribution in [-0.2, 0) is 17.6 Å². The third kappa shape index (κ3) is 4.23. The maximum Gasteiger partial charge on any atom is 0.228 e. The lowest BCUT2D eigenvalue weighted by atomic mass is 10.1. The van der Waals surface area contributed by atoms with Gasteiger partial charge in [0.15, 0.2) is 0 Å². The van der Waals surface area contributed by atoms with Crippen LogP contribution in [0.5, 0.6) is 0 Å². The molecule has 2 aromatic carbocycles.